The van der Waals surface area contributed by atoms with Gasteiger partial charge in [0.05, 0.1) is 24.7 Å². The number of rotatable bonds is 4. The highest BCUT2D eigenvalue weighted by Gasteiger charge is 2.24. The molecule has 2 aromatic carbocycles. The van der Waals surface area contributed by atoms with Gasteiger partial charge >= 0.3 is 0 Å². The zero-order valence-electron chi connectivity index (χ0n) is 15.5. The predicted molar refractivity (Wildman–Crippen MR) is 112 cm³/mol. The van der Waals surface area contributed by atoms with Crippen molar-refractivity contribution in [3.8, 4) is 5.75 Å². The summed E-state index contributed by atoms with van der Waals surface area (Å²) in [6, 6.07) is 16.9. The van der Waals surface area contributed by atoms with Crippen LogP contribution in [0.3, 0.4) is 0 Å². The van der Waals surface area contributed by atoms with E-state index in [4.69, 9.17) is 16.3 Å². The van der Waals surface area contributed by atoms with Crippen molar-refractivity contribution in [1.82, 2.24) is 4.98 Å². The molecule has 0 saturated heterocycles. The first-order valence-electron chi connectivity index (χ1n) is 9.12. The standard InChI is InChI=1S/C22H20ClN3O2/c1-28-21-11-8-16(23)13-19(21)25-17-9-10-18(24-14-17)22(27)26-12-4-6-15-5-2-3-7-20(15)26/h2-3,5,7-11,13-14,25H,4,6,12H2,1H3. The summed E-state index contributed by atoms with van der Waals surface area (Å²) >= 11 is 6.07. The molecule has 1 aromatic heterocycles. The Bertz CT molecular complexity index is 1000. The van der Waals surface area contributed by atoms with Crippen LogP contribution in [0, 0.1) is 0 Å². The van der Waals surface area contributed by atoms with E-state index in [9.17, 15) is 4.79 Å². The number of para-hydroxylation sites is 1. The molecule has 1 aliphatic heterocycles. The van der Waals surface area contributed by atoms with E-state index in [0.717, 1.165) is 29.9 Å². The normalized spacial score (nSPS) is 13.0. The van der Waals surface area contributed by atoms with E-state index in [-0.39, 0.29) is 5.91 Å². The lowest BCUT2D eigenvalue weighted by Crippen LogP contribution is -2.35. The predicted octanol–water partition coefficient (Wildman–Crippen LogP) is 5.08. The van der Waals surface area contributed by atoms with E-state index in [1.807, 2.05) is 29.2 Å². The van der Waals surface area contributed by atoms with Gasteiger partial charge in [0, 0.05) is 17.3 Å². The number of carbonyl (C=O) groups is 1. The zero-order chi connectivity index (χ0) is 19.5. The Morgan fingerprint density at radius 2 is 2.04 bits per heavy atom. The molecule has 2 heterocycles. The topological polar surface area (TPSA) is 54.5 Å². The van der Waals surface area contributed by atoms with Crippen molar-refractivity contribution in [2.24, 2.45) is 0 Å². The molecule has 6 heteroatoms. The SMILES string of the molecule is COc1ccc(Cl)cc1Nc1ccc(C(=O)N2CCCc3ccccc32)nc1. The third kappa shape index (κ3) is 3.66. The third-order valence-electron chi connectivity index (χ3n) is 4.78. The van der Waals surface area contributed by atoms with Crippen LogP contribution in [-0.2, 0) is 6.42 Å². The minimum atomic E-state index is -0.0842. The van der Waals surface area contributed by atoms with Gasteiger partial charge < -0.3 is 15.0 Å². The summed E-state index contributed by atoms with van der Waals surface area (Å²) in [5, 5.41) is 3.83. The minimum absolute atomic E-state index is 0.0842. The quantitative estimate of drug-likeness (QED) is 0.671. The molecule has 1 amide bonds. The van der Waals surface area contributed by atoms with Crippen molar-refractivity contribution in [2.75, 3.05) is 23.9 Å². The van der Waals surface area contributed by atoms with Crippen LogP contribution in [0.25, 0.3) is 0 Å². The lowest BCUT2D eigenvalue weighted by atomic mass is 10.0. The van der Waals surface area contributed by atoms with Crippen LogP contribution in [0.1, 0.15) is 22.5 Å². The number of hydrogen-bond acceptors (Lipinski definition) is 4. The van der Waals surface area contributed by atoms with Crippen LogP contribution in [0.5, 0.6) is 5.75 Å². The molecule has 0 aliphatic carbocycles. The van der Waals surface area contributed by atoms with Crippen molar-refractivity contribution in [1.29, 1.82) is 0 Å². The summed E-state index contributed by atoms with van der Waals surface area (Å²) in [7, 11) is 1.60. The number of anilines is 3. The third-order valence-corrected chi connectivity index (χ3v) is 5.01. The maximum absolute atomic E-state index is 13.0. The number of aryl methyl sites for hydroxylation is 1. The van der Waals surface area contributed by atoms with Crippen LogP contribution >= 0.6 is 11.6 Å². The molecular formula is C22H20ClN3O2. The number of amides is 1. The number of methoxy groups -OCH3 is 1. The molecule has 0 atom stereocenters. The molecule has 0 radical (unpaired) electrons. The van der Waals surface area contributed by atoms with Crippen molar-refractivity contribution < 1.29 is 9.53 Å². The molecule has 0 spiro atoms. The minimum Gasteiger partial charge on any atom is -0.495 e. The first-order chi connectivity index (χ1) is 13.7. The molecule has 0 saturated carbocycles. The highest BCUT2D eigenvalue weighted by molar-refractivity contribution is 6.31. The monoisotopic (exact) mass is 393 g/mol. The zero-order valence-corrected chi connectivity index (χ0v) is 16.2. The average Bonchev–Trinajstić information content (AvgIpc) is 2.73. The maximum Gasteiger partial charge on any atom is 0.276 e. The van der Waals surface area contributed by atoms with E-state index in [1.165, 1.54) is 5.56 Å². The number of nitrogens with zero attached hydrogens (tertiary/aromatic N) is 2. The van der Waals surface area contributed by atoms with Gasteiger partial charge in [-0.25, -0.2) is 4.98 Å². The second kappa shape index (κ2) is 7.90. The van der Waals surface area contributed by atoms with Crippen LogP contribution in [0.15, 0.2) is 60.8 Å². The Labute approximate surface area is 168 Å². The Hall–Kier alpha value is -3.05. The number of ether oxygens (including phenoxy) is 1. The summed E-state index contributed by atoms with van der Waals surface area (Å²) in [6.07, 6.45) is 3.60. The van der Waals surface area contributed by atoms with Crippen LogP contribution in [0.2, 0.25) is 5.02 Å². The molecule has 0 unspecified atom stereocenters. The van der Waals surface area contributed by atoms with Gasteiger partial charge in [-0.1, -0.05) is 29.8 Å². The van der Waals surface area contributed by atoms with E-state index in [2.05, 4.69) is 16.4 Å². The van der Waals surface area contributed by atoms with Gasteiger partial charge in [0.2, 0.25) is 0 Å². The number of benzene rings is 2. The summed E-state index contributed by atoms with van der Waals surface area (Å²) in [6.45, 7) is 0.706. The van der Waals surface area contributed by atoms with Crippen LogP contribution < -0.4 is 15.0 Å². The molecule has 0 bridgehead atoms. The first-order valence-corrected chi connectivity index (χ1v) is 9.50. The highest BCUT2D eigenvalue weighted by Crippen LogP contribution is 2.31. The first kappa shape index (κ1) is 18.3. The lowest BCUT2D eigenvalue weighted by Gasteiger charge is -2.29. The number of fused-ring (bicyclic) bond motifs is 1. The van der Waals surface area contributed by atoms with Gasteiger partial charge in [-0.15, -0.1) is 0 Å². The van der Waals surface area contributed by atoms with Gasteiger partial charge in [-0.2, -0.15) is 0 Å². The number of aromatic nitrogens is 1. The molecule has 28 heavy (non-hydrogen) atoms. The van der Waals surface area contributed by atoms with Crippen LogP contribution in [-0.4, -0.2) is 24.5 Å². The molecule has 5 nitrogen and oxygen atoms in total. The second-order valence-electron chi connectivity index (χ2n) is 6.59. The van der Waals surface area contributed by atoms with E-state index in [0.29, 0.717) is 23.0 Å². The van der Waals surface area contributed by atoms with E-state index < -0.39 is 0 Å². The molecule has 3 aromatic rings. The van der Waals surface area contributed by atoms with E-state index >= 15 is 0 Å². The highest BCUT2D eigenvalue weighted by atomic mass is 35.5. The summed E-state index contributed by atoms with van der Waals surface area (Å²) in [4.78, 5) is 19.2. The number of carbonyl (C=O) groups excluding carboxylic acids is 1. The fourth-order valence-electron chi connectivity index (χ4n) is 3.41. The molecular weight excluding hydrogens is 374 g/mol. The fraction of sp³-hybridized carbons (Fsp3) is 0.182. The van der Waals surface area contributed by atoms with Gasteiger partial charge in [0.1, 0.15) is 11.4 Å². The number of halogens is 1. The van der Waals surface area contributed by atoms with Crippen molar-refractivity contribution in [3.05, 3.63) is 77.1 Å². The Morgan fingerprint density at radius 1 is 1.18 bits per heavy atom. The summed E-state index contributed by atoms with van der Waals surface area (Å²) in [5.41, 5.74) is 4.08. The van der Waals surface area contributed by atoms with Crippen molar-refractivity contribution in [2.45, 2.75) is 12.8 Å². The molecule has 0 fully saturated rings. The largest absolute Gasteiger partial charge is 0.495 e. The fourth-order valence-corrected chi connectivity index (χ4v) is 3.58. The maximum atomic E-state index is 13.0. The Morgan fingerprint density at radius 3 is 2.82 bits per heavy atom. The van der Waals surface area contributed by atoms with Gasteiger partial charge in [0.25, 0.3) is 5.91 Å². The smallest absolute Gasteiger partial charge is 0.276 e. The Kier molecular flexibility index (Phi) is 5.17. The Balaban J connectivity index is 1.54. The van der Waals surface area contributed by atoms with Gasteiger partial charge in [-0.05, 0) is 54.8 Å². The molecule has 142 valence electrons. The van der Waals surface area contributed by atoms with Crippen molar-refractivity contribution in [3.63, 3.8) is 0 Å². The number of pyridine rings is 1. The number of nitrogens with one attached hydrogen (secondary N) is 1. The molecule has 4 rings (SSSR count). The van der Waals surface area contributed by atoms with Gasteiger partial charge in [-0.3, -0.25) is 4.79 Å². The van der Waals surface area contributed by atoms with Crippen molar-refractivity contribution >= 4 is 34.6 Å². The van der Waals surface area contributed by atoms with E-state index in [1.54, 1.807) is 37.6 Å². The summed E-state index contributed by atoms with van der Waals surface area (Å²) < 4.78 is 5.34. The van der Waals surface area contributed by atoms with Gasteiger partial charge in [0.15, 0.2) is 0 Å². The number of hydrogen-bond donors (Lipinski definition) is 1. The lowest BCUT2D eigenvalue weighted by molar-refractivity contribution is 0.0980. The molecule has 1 N–H and O–H groups in total. The van der Waals surface area contributed by atoms with Crippen LogP contribution in [0.4, 0.5) is 17.1 Å². The summed E-state index contributed by atoms with van der Waals surface area (Å²) in [5.74, 6) is 0.591. The molecule has 1 aliphatic rings. The second-order valence-corrected chi connectivity index (χ2v) is 7.03. The average molecular weight is 394 g/mol.